The van der Waals surface area contributed by atoms with Crippen molar-refractivity contribution < 1.29 is 32.6 Å². The molecule has 0 radical (unpaired) electrons. The fraction of sp³-hybridized carbons (Fsp3) is 0.351. The highest BCUT2D eigenvalue weighted by molar-refractivity contribution is 6.31. The molecule has 0 atom stereocenters. The van der Waals surface area contributed by atoms with Crippen LogP contribution in [0.5, 0.6) is 0 Å². The van der Waals surface area contributed by atoms with Gasteiger partial charge in [0.25, 0.3) is 0 Å². The number of piperidine rings is 1. The van der Waals surface area contributed by atoms with Gasteiger partial charge in [0.1, 0.15) is 42.8 Å². The Kier molecular flexibility index (Phi) is 16.6. The SMILES string of the molecule is CN(C)c1ccc2c(-c3ccc(-c4cn(CCCCCn5cc(CCCCCN6CCC(COC(=O)Nc7ccc(F)cc7-c7ccc(F)c(Cl)c7)CC6)nn5)nn4)cc3C(=O)[O-])c3ccc(=[N+](C)C)cc-3oc2c1. The van der Waals surface area contributed by atoms with Gasteiger partial charge in [0.2, 0.25) is 5.36 Å². The zero-order chi connectivity index (χ0) is 52.6. The van der Waals surface area contributed by atoms with Crippen molar-refractivity contribution in [3.63, 3.8) is 0 Å². The molecule has 6 aromatic rings. The number of carbonyl (C=O) groups excluding carboxylic acids is 2. The van der Waals surface area contributed by atoms with Gasteiger partial charge in [0.05, 0.1) is 41.2 Å². The molecule has 1 aliphatic carbocycles. The number of halogens is 3. The molecule has 75 heavy (non-hydrogen) atoms. The molecule has 1 amide bonds. The number of nitrogens with zero attached hydrogens (tertiary/aromatic N) is 9. The fourth-order valence-corrected chi connectivity index (χ4v) is 9.87. The normalized spacial score (nSPS) is 13.2. The highest BCUT2D eigenvalue weighted by Crippen LogP contribution is 2.43. The molecule has 0 bridgehead atoms. The third-order valence-corrected chi connectivity index (χ3v) is 14.2. The van der Waals surface area contributed by atoms with Gasteiger partial charge >= 0.3 is 6.09 Å². The first-order valence-electron chi connectivity index (χ1n) is 25.5. The molecule has 2 aliphatic heterocycles. The summed E-state index contributed by atoms with van der Waals surface area (Å²) in [5, 5.41) is 34.8. The highest BCUT2D eigenvalue weighted by atomic mass is 35.5. The quantitative estimate of drug-likeness (QED) is 0.0440. The number of ether oxygens (including phenoxy) is 1. The summed E-state index contributed by atoms with van der Waals surface area (Å²) < 4.78 is 45.6. The lowest BCUT2D eigenvalue weighted by atomic mass is 9.89. The van der Waals surface area contributed by atoms with Gasteiger partial charge in [-0.3, -0.25) is 14.7 Å². The number of amides is 1. The molecule has 18 heteroatoms. The topological polar surface area (TPSA) is 163 Å². The Morgan fingerprint density at radius 1 is 0.800 bits per heavy atom. The average molecular weight is 1040 g/mol. The van der Waals surface area contributed by atoms with E-state index in [1.807, 2.05) is 103 Å². The second kappa shape index (κ2) is 23.8. The molecule has 390 valence electrons. The summed E-state index contributed by atoms with van der Waals surface area (Å²) in [7, 11) is 7.86. The molecule has 4 aromatic carbocycles. The summed E-state index contributed by atoms with van der Waals surface area (Å²) in [6, 6.07) is 25.2. The van der Waals surface area contributed by atoms with Gasteiger partial charge in [-0.15, -0.1) is 10.2 Å². The van der Waals surface area contributed by atoms with E-state index >= 15 is 0 Å². The van der Waals surface area contributed by atoms with E-state index in [-0.39, 0.29) is 16.5 Å². The van der Waals surface area contributed by atoms with Crippen LogP contribution in [0.25, 0.3) is 55.8 Å². The highest BCUT2D eigenvalue weighted by Gasteiger charge is 2.24. The molecule has 0 unspecified atom stereocenters. The predicted octanol–water partition coefficient (Wildman–Crippen LogP) is 9.66. The van der Waals surface area contributed by atoms with Crippen molar-refractivity contribution in [2.75, 3.05) is 64.6 Å². The van der Waals surface area contributed by atoms with E-state index in [2.05, 4.69) is 30.8 Å². The number of fused-ring (bicyclic) bond motifs is 2. The lowest BCUT2D eigenvalue weighted by Gasteiger charge is -2.31. The Morgan fingerprint density at radius 3 is 2.29 bits per heavy atom. The largest absolute Gasteiger partial charge is 0.545 e. The number of aromatic nitrogens is 6. The maximum absolute atomic E-state index is 14.1. The lowest BCUT2D eigenvalue weighted by Crippen LogP contribution is -2.36. The Labute approximate surface area is 439 Å². The first kappa shape index (κ1) is 52.4. The smallest absolute Gasteiger partial charge is 0.411 e. The molecule has 2 aromatic heterocycles. The first-order valence-corrected chi connectivity index (χ1v) is 25.9. The molecule has 3 aliphatic rings. The molecule has 15 nitrogen and oxygen atoms in total. The minimum atomic E-state index is -1.29. The molecule has 0 spiro atoms. The summed E-state index contributed by atoms with van der Waals surface area (Å²) in [6.07, 6.45) is 12.0. The summed E-state index contributed by atoms with van der Waals surface area (Å²) in [4.78, 5) is 30.1. The number of rotatable bonds is 20. The number of hydrogen-bond donors (Lipinski definition) is 1. The third-order valence-electron chi connectivity index (χ3n) is 13.9. The second-order valence-corrected chi connectivity index (χ2v) is 20.1. The number of aromatic carboxylic acids is 1. The van der Waals surface area contributed by atoms with Gasteiger partial charge in [-0.2, -0.15) is 0 Å². The molecule has 4 heterocycles. The predicted molar refractivity (Wildman–Crippen MR) is 285 cm³/mol. The van der Waals surface area contributed by atoms with Crippen LogP contribution in [0.1, 0.15) is 67.4 Å². The zero-order valence-corrected chi connectivity index (χ0v) is 43.5. The van der Waals surface area contributed by atoms with Gasteiger partial charge in [-0.1, -0.05) is 46.6 Å². The number of nitrogens with one attached hydrogen (secondary N) is 1. The minimum Gasteiger partial charge on any atom is -0.545 e. The number of carbonyl (C=O) groups is 2. The standard InChI is InChI=1S/C57H61ClF2N10O5/c1-66(2)42-15-18-45-53(32-42)75-54-33-43(67(3)4)16-19-46(54)55(45)44-17-12-39(29-48(44)56(71)72)52-35-70(65-63-52)26-10-6-9-25-69-34-41(62-64-69)11-7-5-8-24-68-27-22-37(23-28-68)36-74-57(73)61-51-21-14-40(59)31-47(51)38-13-20-50(60)49(58)30-38/h12-21,29-35,37H,5-11,22-28,36H2,1-4H3,(H-,61,71,72,73). The van der Waals surface area contributed by atoms with Gasteiger partial charge in [-0.25, -0.2) is 18.2 Å². The van der Waals surface area contributed by atoms with E-state index in [9.17, 15) is 23.5 Å². The van der Waals surface area contributed by atoms with Crippen LogP contribution in [-0.2, 0) is 24.2 Å². The molecular formula is C57H61ClF2N10O5. The van der Waals surface area contributed by atoms with Crippen LogP contribution in [0.3, 0.4) is 0 Å². The molecular weight excluding hydrogens is 978 g/mol. The molecule has 9 rings (SSSR count). The van der Waals surface area contributed by atoms with Crippen molar-refractivity contribution in [2.45, 2.75) is 70.9 Å². The van der Waals surface area contributed by atoms with Gasteiger partial charge in [0.15, 0.2) is 0 Å². The maximum atomic E-state index is 14.1. The van der Waals surface area contributed by atoms with Crippen molar-refractivity contribution in [3.8, 4) is 44.8 Å². The lowest BCUT2D eigenvalue weighted by molar-refractivity contribution is -0.254. The summed E-state index contributed by atoms with van der Waals surface area (Å²) in [5.41, 5.74) is 7.13. The van der Waals surface area contributed by atoms with E-state index in [4.69, 9.17) is 20.8 Å². The van der Waals surface area contributed by atoms with E-state index < -0.39 is 23.7 Å². The van der Waals surface area contributed by atoms with Crippen molar-refractivity contribution >= 4 is 46.0 Å². The van der Waals surface area contributed by atoms with Crippen molar-refractivity contribution in [1.29, 1.82) is 0 Å². The Bertz CT molecular complexity index is 3360. The van der Waals surface area contributed by atoms with Crippen molar-refractivity contribution in [2.24, 2.45) is 5.92 Å². The Hall–Kier alpha value is -7.50. The van der Waals surface area contributed by atoms with Crippen LogP contribution in [0.4, 0.5) is 25.0 Å². The summed E-state index contributed by atoms with van der Waals surface area (Å²) >= 11 is 5.95. The number of carboxylic acids is 1. The van der Waals surface area contributed by atoms with Crippen LogP contribution in [0, 0.1) is 17.6 Å². The van der Waals surface area contributed by atoms with Gasteiger partial charge in [0, 0.05) is 84.4 Å². The van der Waals surface area contributed by atoms with Crippen LogP contribution < -0.4 is 25.3 Å². The van der Waals surface area contributed by atoms with E-state index in [0.717, 1.165) is 117 Å². The summed E-state index contributed by atoms with van der Waals surface area (Å²) in [6.45, 7) is 4.64. The van der Waals surface area contributed by atoms with E-state index in [0.29, 0.717) is 58.1 Å². The Morgan fingerprint density at radius 2 is 1.53 bits per heavy atom. The molecule has 1 fully saturated rings. The number of anilines is 2. The monoisotopic (exact) mass is 1040 g/mol. The fourth-order valence-electron chi connectivity index (χ4n) is 9.69. The third kappa shape index (κ3) is 12.9. The van der Waals surface area contributed by atoms with Crippen LogP contribution in [0.2, 0.25) is 5.02 Å². The number of unbranched alkanes of at least 4 members (excludes halogenated alkanes) is 4. The minimum absolute atomic E-state index is 0.0550. The van der Waals surface area contributed by atoms with E-state index in [1.54, 1.807) is 10.7 Å². The van der Waals surface area contributed by atoms with Gasteiger partial charge < -0.3 is 28.9 Å². The first-order chi connectivity index (χ1) is 36.3. The van der Waals surface area contributed by atoms with E-state index in [1.165, 1.54) is 36.4 Å². The maximum Gasteiger partial charge on any atom is 0.411 e. The number of hydrogen-bond acceptors (Lipinski definition) is 11. The molecule has 0 saturated carbocycles. The average Bonchev–Trinajstić information content (AvgIpc) is 4.08. The number of aryl methyl sites for hydroxylation is 3. The number of benzene rings is 5. The van der Waals surface area contributed by atoms with Crippen molar-refractivity contribution in [3.05, 3.63) is 137 Å². The second-order valence-electron chi connectivity index (χ2n) is 19.7. The van der Waals surface area contributed by atoms with Crippen LogP contribution in [-0.4, -0.2) is 101 Å². The van der Waals surface area contributed by atoms with Crippen LogP contribution >= 0.6 is 11.6 Å². The van der Waals surface area contributed by atoms with Crippen molar-refractivity contribution in [1.82, 2.24) is 39.5 Å². The van der Waals surface area contributed by atoms with Gasteiger partial charge in [-0.05, 0) is 143 Å². The molecule has 1 saturated heterocycles. The Balaban J connectivity index is 0.681. The molecule has 1 N–H and O–H groups in total. The number of carboxylic acid groups (broad SMARTS) is 1. The number of likely N-dealkylation sites (tertiary alicyclic amines) is 1. The van der Waals surface area contributed by atoms with Crippen LogP contribution in [0.15, 0.2) is 108 Å². The summed E-state index contributed by atoms with van der Waals surface area (Å²) in [5.74, 6) is -1.47. The zero-order valence-electron chi connectivity index (χ0n) is 42.7.